The van der Waals surface area contributed by atoms with Crippen molar-refractivity contribution in [1.29, 1.82) is 0 Å². The first kappa shape index (κ1) is 16.6. The summed E-state index contributed by atoms with van der Waals surface area (Å²) in [5.41, 5.74) is 2.26. The van der Waals surface area contributed by atoms with E-state index in [2.05, 4.69) is 33.5 Å². The van der Waals surface area contributed by atoms with Gasteiger partial charge in [0.1, 0.15) is 11.5 Å². The summed E-state index contributed by atoms with van der Waals surface area (Å²) in [6, 6.07) is 6.59. The van der Waals surface area contributed by atoms with E-state index >= 15 is 0 Å². The van der Waals surface area contributed by atoms with Gasteiger partial charge in [-0.15, -0.1) is 0 Å². The van der Waals surface area contributed by atoms with Gasteiger partial charge < -0.3 is 24.3 Å². The molecule has 1 aliphatic heterocycles. The summed E-state index contributed by atoms with van der Waals surface area (Å²) >= 11 is 0. The number of benzene rings is 1. The summed E-state index contributed by atoms with van der Waals surface area (Å²) in [6.45, 7) is 2.88. The number of imidazole rings is 1. The largest absolute Gasteiger partial charge is 0.497 e. The number of ether oxygens (including phenoxy) is 2. The number of aryl methyl sites for hydroxylation is 1. The van der Waals surface area contributed by atoms with E-state index in [1.165, 1.54) is 0 Å². The summed E-state index contributed by atoms with van der Waals surface area (Å²) in [7, 11) is 5.37. The van der Waals surface area contributed by atoms with Gasteiger partial charge in [0.15, 0.2) is 0 Å². The number of hydrogen-bond acceptors (Lipinski definition) is 5. The van der Waals surface area contributed by atoms with Crippen molar-refractivity contribution in [2.75, 3.05) is 32.2 Å². The van der Waals surface area contributed by atoms with Crippen molar-refractivity contribution >= 4 is 5.69 Å². The van der Waals surface area contributed by atoms with Gasteiger partial charge in [-0.3, -0.25) is 0 Å². The Labute approximate surface area is 143 Å². The Balaban J connectivity index is 1.54. The van der Waals surface area contributed by atoms with E-state index in [4.69, 9.17) is 9.47 Å². The van der Waals surface area contributed by atoms with Gasteiger partial charge in [0.2, 0.25) is 0 Å². The fourth-order valence-corrected chi connectivity index (χ4v) is 3.12. The Bertz CT molecular complexity index is 641. The van der Waals surface area contributed by atoms with E-state index in [9.17, 15) is 0 Å². The van der Waals surface area contributed by atoms with E-state index in [1.807, 2.05) is 24.0 Å². The molecule has 0 bridgehead atoms. The Morgan fingerprint density at radius 3 is 2.33 bits per heavy atom. The second-order valence-electron chi connectivity index (χ2n) is 6.24. The van der Waals surface area contributed by atoms with Crippen LogP contribution in [0.15, 0.2) is 30.7 Å². The topological polar surface area (TPSA) is 51.6 Å². The summed E-state index contributed by atoms with van der Waals surface area (Å²) < 4.78 is 12.7. The second-order valence-corrected chi connectivity index (χ2v) is 6.24. The lowest BCUT2D eigenvalue weighted by atomic mass is 10.0. The Kier molecular flexibility index (Phi) is 5.25. The summed E-state index contributed by atoms with van der Waals surface area (Å²) in [5, 5.41) is 3.62. The van der Waals surface area contributed by atoms with Crippen LogP contribution in [-0.4, -0.2) is 42.9 Å². The highest BCUT2D eigenvalue weighted by molar-refractivity contribution is 5.56. The highest BCUT2D eigenvalue weighted by atomic mass is 16.5. The van der Waals surface area contributed by atoms with Crippen LogP contribution in [0.25, 0.3) is 0 Å². The fourth-order valence-electron chi connectivity index (χ4n) is 3.12. The zero-order valence-electron chi connectivity index (χ0n) is 14.7. The minimum atomic E-state index is 0.538. The van der Waals surface area contributed by atoms with E-state index < -0.39 is 0 Å². The van der Waals surface area contributed by atoms with Gasteiger partial charge in [-0.25, -0.2) is 4.98 Å². The highest BCUT2D eigenvalue weighted by Gasteiger charge is 2.20. The van der Waals surface area contributed by atoms with Gasteiger partial charge in [-0.2, -0.15) is 0 Å². The standard InChI is InChI=1S/C18H26N4O2/c1-21-12-15(20-13-21)11-19-14-4-6-22(7-5-14)16-8-17(23-2)10-18(9-16)24-3/h8-10,12-14,19H,4-7,11H2,1-3H3. The molecule has 6 nitrogen and oxygen atoms in total. The van der Waals surface area contributed by atoms with Crippen molar-refractivity contribution in [3.8, 4) is 11.5 Å². The van der Waals surface area contributed by atoms with E-state index in [-0.39, 0.29) is 0 Å². The molecule has 1 saturated heterocycles. The zero-order valence-corrected chi connectivity index (χ0v) is 14.7. The summed E-state index contributed by atoms with van der Waals surface area (Å²) in [6.07, 6.45) is 6.14. The van der Waals surface area contributed by atoms with Crippen LogP contribution in [0.2, 0.25) is 0 Å². The third-order valence-electron chi connectivity index (χ3n) is 4.53. The molecular weight excluding hydrogens is 304 g/mol. The number of aromatic nitrogens is 2. The van der Waals surface area contributed by atoms with Gasteiger partial charge in [0, 0.05) is 62.8 Å². The van der Waals surface area contributed by atoms with Gasteiger partial charge in [-0.1, -0.05) is 0 Å². The lowest BCUT2D eigenvalue weighted by Gasteiger charge is -2.34. The number of rotatable bonds is 6. The van der Waals surface area contributed by atoms with E-state index in [1.54, 1.807) is 14.2 Å². The SMILES string of the molecule is COc1cc(OC)cc(N2CCC(NCc3cn(C)cn3)CC2)c1. The number of hydrogen-bond donors (Lipinski definition) is 1. The lowest BCUT2D eigenvalue weighted by molar-refractivity contribution is 0.391. The third-order valence-corrected chi connectivity index (χ3v) is 4.53. The molecule has 0 radical (unpaired) electrons. The molecule has 6 heteroatoms. The van der Waals surface area contributed by atoms with Crippen molar-refractivity contribution in [2.45, 2.75) is 25.4 Å². The minimum absolute atomic E-state index is 0.538. The number of nitrogens with one attached hydrogen (secondary N) is 1. The Hall–Kier alpha value is -2.21. The molecule has 1 fully saturated rings. The third kappa shape index (κ3) is 4.00. The van der Waals surface area contributed by atoms with Crippen LogP contribution in [0.4, 0.5) is 5.69 Å². The quantitative estimate of drug-likeness (QED) is 0.880. The molecule has 1 N–H and O–H groups in total. The van der Waals surface area contributed by atoms with Gasteiger partial charge in [0.05, 0.1) is 26.2 Å². The monoisotopic (exact) mass is 330 g/mol. The fraction of sp³-hybridized carbons (Fsp3) is 0.500. The maximum Gasteiger partial charge on any atom is 0.124 e. The first-order chi connectivity index (χ1) is 11.7. The first-order valence-electron chi connectivity index (χ1n) is 8.36. The molecule has 2 aromatic rings. The van der Waals surface area contributed by atoms with Gasteiger partial charge in [-0.05, 0) is 12.8 Å². The first-order valence-corrected chi connectivity index (χ1v) is 8.36. The van der Waals surface area contributed by atoms with Crippen molar-refractivity contribution in [1.82, 2.24) is 14.9 Å². The van der Waals surface area contributed by atoms with Gasteiger partial charge >= 0.3 is 0 Å². The zero-order chi connectivity index (χ0) is 16.9. The Morgan fingerprint density at radius 2 is 1.79 bits per heavy atom. The van der Waals surface area contributed by atoms with E-state index in [0.717, 1.165) is 55.4 Å². The predicted octanol–water partition coefficient (Wildman–Crippen LogP) is 2.20. The highest BCUT2D eigenvalue weighted by Crippen LogP contribution is 2.30. The molecule has 3 rings (SSSR count). The van der Waals surface area contributed by atoms with Crippen molar-refractivity contribution in [2.24, 2.45) is 7.05 Å². The van der Waals surface area contributed by atoms with Crippen LogP contribution in [0.3, 0.4) is 0 Å². The van der Waals surface area contributed by atoms with Crippen LogP contribution < -0.4 is 19.7 Å². The van der Waals surface area contributed by atoms with Crippen LogP contribution >= 0.6 is 0 Å². The molecule has 0 spiro atoms. The maximum absolute atomic E-state index is 5.37. The smallest absolute Gasteiger partial charge is 0.124 e. The normalized spacial score (nSPS) is 15.5. The molecule has 2 heterocycles. The molecule has 0 amide bonds. The molecule has 0 unspecified atom stereocenters. The molecule has 0 aliphatic carbocycles. The van der Waals surface area contributed by atoms with Crippen LogP contribution in [0.1, 0.15) is 18.5 Å². The number of anilines is 1. The molecule has 0 atom stereocenters. The average molecular weight is 330 g/mol. The minimum Gasteiger partial charge on any atom is -0.497 e. The summed E-state index contributed by atoms with van der Waals surface area (Å²) in [4.78, 5) is 6.76. The molecule has 0 saturated carbocycles. The van der Waals surface area contributed by atoms with Gasteiger partial charge in [0.25, 0.3) is 0 Å². The molecular formula is C18H26N4O2. The molecule has 1 aromatic heterocycles. The van der Waals surface area contributed by atoms with Crippen LogP contribution in [-0.2, 0) is 13.6 Å². The predicted molar refractivity (Wildman–Crippen MR) is 94.8 cm³/mol. The lowest BCUT2D eigenvalue weighted by Crippen LogP contribution is -2.42. The average Bonchev–Trinajstić information content (AvgIpc) is 3.05. The Morgan fingerprint density at radius 1 is 1.12 bits per heavy atom. The molecule has 130 valence electrons. The van der Waals surface area contributed by atoms with Crippen molar-refractivity contribution in [3.05, 3.63) is 36.4 Å². The number of piperidine rings is 1. The second kappa shape index (κ2) is 7.57. The molecule has 1 aliphatic rings. The number of methoxy groups -OCH3 is 2. The number of nitrogens with zero attached hydrogens (tertiary/aromatic N) is 3. The van der Waals surface area contributed by atoms with Crippen LogP contribution in [0.5, 0.6) is 11.5 Å². The van der Waals surface area contributed by atoms with Crippen molar-refractivity contribution < 1.29 is 9.47 Å². The summed E-state index contributed by atoms with van der Waals surface area (Å²) in [5.74, 6) is 1.67. The molecule has 24 heavy (non-hydrogen) atoms. The van der Waals surface area contributed by atoms with Crippen molar-refractivity contribution in [3.63, 3.8) is 0 Å². The van der Waals surface area contributed by atoms with E-state index in [0.29, 0.717) is 6.04 Å². The molecule has 1 aromatic carbocycles. The van der Waals surface area contributed by atoms with Crippen LogP contribution in [0, 0.1) is 0 Å². The maximum atomic E-state index is 5.37.